The van der Waals surface area contributed by atoms with Crippen molar-refractivity contribution < 1.29 is 27.9 Å². The fourth-order valence-corrected chi connectivity index (χ4v) is 4.24. The Morgan fingerprint density at radius 2 is 1.82 bits per heavy atom. The van der Waals surface area contributed by atoms with Crippen LogP contribution in [0, 0.1) is 0 Å². The van der Waals surface area contributed by atoms with Gasteiger partial charge in [0.1, 0.15) is 0 Å². The molecule has 0 unspecified atom stereocenters. The number of H-pyrrole nitrogens is 1. The van der Waals surface area contributed by atoms with Crippen LogP contribution >= 0.6 is 15.9 Å². The van der Waals surface area contributed by atoms with Gasteiger partial charge < -0.3 is 15.4 Å². The molecular weight excluding hydrogens is 517 g/mol. The number of carbonyl (C=O) groups is 2. The number of rotatable bonds is 2. The second kappa shape index (κ2) is 9.26. The molecule has 1 aromatic carbocycles. The highest BCUT2D eigenvalue weighted by Crippen LogP contribution is 2.35. The van der Waals surface area contributed by atoms with Crippen LogP contribution in [-0.2, 0) is 11.2 Å². The number of fused-ring (bicyclic) bond motifs is 2. The van der Waals surface area contributed by atoms with Gasteiger partial charge >= 0.3 is 12.1 Å². The molecule has 0 fully saturated rings. The standard InChI is InChI=1S/C21H15BrN4O.C2HF3O2/c22-19-18-16(6-8-24-21(18)27)26-20(19)13-5-7-23-17(10-13)14-9-12-3-1-2-4-15(12)25-11-14;3-2(4,5)1(6)7/h1-5,7,9-11,26H,6,8H2,(H,24,27);(H,6,7). The number of para-hydroxylation sites is 1. The fourth-order valence-electron chi connectivity index (χ4n) is 3.49. The number of nitrogens with zero attached hydrogens (tertiary/aromatic N) is 2. The van der Waals surface area contributed by atoms with E-state index < -0.39 is 12.1 Å². The molecule has 174 valence electrons. The lowest BCUT2D eigenvalue weighted by Crippen LogP contribution is -2.31. The quantitative estimate of drug-likeness (QED) is 0.337. The molecule has 0 spiro atoms. The molecule has 34 heavy (non-hydrogen) atoms. The highest BCUT2D eigenvalue weighted by Gasteiger charge is 2.38. The summed E-state index contributed by atoms with van der Waals surface area (Å²) in [6.07, 6.45) is -0.658. The molecule has 0 aliphatic carbocycles. The van der Waals surface area contributed by atoms with Crippen LogP contribution in [0.1, 0.15) is 16.1 Å². The van der Waals surface area contributed by atoms with E-state index in [2.05, 4.69) is 42.3 Å². The van der Waals surface area contributed by atoms with E-state index in [4.69, 9.17) is 9.90 Å². The lowest BCUT2D eigenvalue weighted by Gasteiger charge is -2.11. The molecule has 0 bridgehead atoms. The number of carbonyl (C=O) groups excluding carboxylic acids is 1. The first-order chi connectivity index (χ1) is 16.1. The van der Waals surface area contributed by atoms with Crippen LogP contribution in [0.2, 0.25) is 0 Å². The lowest BCUT2D eigenvalue weighted by molar-refractivity contribution is -0.192. The van der Waals surface area contributed by atoms with Gasteiger partial charge in [-0.25, -0.2) is 4.79 Å². The van der Waals surface area contributed by atoms with Crippen molar-refractivity contribution in [2.45, 2.75) is 12.6 Å². The Morgan fingerprint density at radius 3 is 2.53 bits per heavy atom. The van der Waals surface area contributed by atoms with E-state index in [0.717, 1.165) is 50.0 Å². The van der Waals surface area contributed by atoms with E-state index in [9.17, 15) is 18.0 Å². The maximum Gasteiger partial charge on any atom is 0.490 e. The second-order valence-electron chi connectivity index (χ2n) is 7.32. The number of hydrogen-bond donors (Lipinski definition) is 3. The van der Waals surface area contributed by atoms with E-state index >= 15 is 0 Å². The third-order valence-electron chi connectivity index (χ3n) is 5.08. The Labute approximate surface area is 199 Å². The molecule has 0 atom stereocenters. The Kier molecular flexibility index (Phi) is 6.38. The van der Waals surface area contributed by atoms with Gasteiger partial charge in [-0.05, 0) is 40.2 Å². The number of hydrogen-bond acceptors (Lipinski definition) is 4. The zero-order chi connectivity index (χ0) is 24.5. The Balaban J connectivity index is 0.000000344. The van der Waals surface area contributed by atoms with Crippen molar-refractivity contribution in [1.29, 1.82) is 0 Å². The van der Waals surface area contributed by atoms with E-state index in [1.807, 2.05) is 42.6 Å². The Hall–Kier alpha value is -3.73. The molecule has 4 heterocycles. The van der Waals surface area contributed by atoms with Crippen molar-refractivity contribution in [2.24, 2.45) is 0 Å². The normalized spacial score (nSPS) is 13.0. The van der Waals surface area contributed by atoms with Crippen LogP contribution in [-0.4, -0.2) is 44.7 Å². The first-order valence-electron chi connectivity index (χ1n) is 9.95. The van der Waals surface area contributed by atoms with Crippen molar-refractivity contribution in [2.75, 3.05) is 6.54 Å². The predicted molar refractivity (Wildman–Crippen MR) is 122 cm³/mol. The molecule has 5 rings (SSSR count). The van der Waals surface area contributed by atoms with Crippen LogP contribution < -0.4 is 5.32 Å². The van der Waals surface area contributed by atoms with Gasteiger partial charge in [-0.2, -0.15) is 13.2 Å². The Bertz CT molecular complexity index is 1400. The predicted octanol–water partition coefficient (Wildman–Crippen LogP) is 4.97. The molecule has 7 nitrogen and oxygen atoms in total. The topological polar surface area (TPSA) is 108 Å². The zero-order valence-corrected chi connectivity index (χ0v) is 18.9. The zero-order valence-electron chi connectivity index (χ0n) is 17.3. The number of carboxylic acids is 1. The number of halogens is 4. The van der Waals surface area contributed by atoms with Crippen molar-refractivity contribution in [3.63, 3.8) is 0 Å². The molecule has 11 heteroatoms. The first kappa shape index (κ1) is 23.4. The largest absolute Gasteiger partial charge is 0.490 e. The van der Waals surface area contributed by atoms with Crippen LogP contribution in [0.25, 0.3) is 33.4 Å². The van der Waals surface area contributed by atoms with Gasteiger partial charge in [-0.1, -0.05) is 18.2 Å². The number of carboxylic acid groups (broad SMARTS) is 1. The fraction of sp³-hybridized carbons (Fsp3) is 0.130. The third-order valence-corrected chi connectivity index (χ3v) is 5.87. The van der Waals surface area contributed by atoms with Gasteiger partial charge in [0, 0.05) is 47.6 Å². The highest BCUT2D eigenvalue weighted by atomic mass is 79.9. The summed E-state index contributed by atoms with van der Waals surface area (Å²) in [5.41, 5.74) is 6.30. The summed E-state index contributed by atoms with van der Waals surface area (Å²) in [6, 6.07) is 14.1. The number of aliphatic carboxylic acids is 1. The molecule has 1 aliphatic heterocycles. The van der Waals surface area contributed by atoms with E-state index in [-0.39, 0.29) is 5.91 Å². The summed E-state index contributed by atoms with van der Waals surface area (Å²) in [4.78, 5) is 33.5. The molecule has 3 N–H and O–H groups in total. The van der Waals surface area contributed by atoms with Crippen LogP contribution in [0.15, 0.2) is 59.3 Å². The van der Waals surface area contributed by atoms with Crippen LogP contribution in [0.5, 0.6) is 0 Å². The van der Waals surface area contributed by atoms with Gasteiger partial charge in [0.05, 0.1) is 26.9 Å². The molecule has 0 radical (unpaired) electrons. The van der Waals surface area contributed by atoms with Gasteiger partial charge in [0.15, 0.2) is 0 Å². The smallest absolute Gasteiger partial charge is 0.475 e. The maximum atomic E-state index is 12.2. The molecule has 0 saturated carbocycles. The number of pyridine rings is 2. The molecular formula is C23H16BrF3N4O3. The van der Waals surface area contributed by atoms with E-state index in [0.29, 0.717) is 12.1 Å². The first-order valence-corrected chi connectivity index (χ1v) is 10.7. The van der Waals surface area contributed by atoms with Crippen molar-refractivity contribution in [1.82, 2.24) is 20.3 Å². The summed E-state index contributed by atoms with van der Waals surface area (Å²) >= 11 is 3.60. The van der Waals surface area contributed by atoms with Crippen LogP contribution in [0.4, 0.5) is 13.2 Å². The molecule has 3 aromatic heterocycles. The minimum atomic E-state index is -5.08. The SMILES string of the molecule is O=C(O)C(F)(F)F.O=C1NCCc2[nH]c(-c3ccnc(-c4cnc5ccccc5c4)c3)c(Br)c21. The van der Waals surface area contributed by atoms with Crippen molar-refractivity contribution in [3.05, 3.63) is 70.6 Å². The van der Waals surface area contributed by atoms with Gasteiger partial charge in [-0.15, -0.1) is 0 Å². The van der Waals surface area contributed by atoms with Crippen molar-refractivity contribution in [3.8, 4) is 22.5 Å². The van der Waals surface area contributed by atoms with Gasteiger partial charge in [-0.3, -0.25) is 14.8 Å². The number of nitrogens with one attached hydrogen (secondary N) is 2. The lowest BCUT2D eigenvalue weighted by atomic mass is 10.1. The summed E-state index contributed by atoms with van der Waals surface area (Å²) in [6.45, 7) is 0.655. The third kappa shape index (κ3) is 4.79. The van der Waals surface area contributed by atoms with Gasteiger partial charge in [0.2, 0.25) is 0 Å². The summed E-state index contributed by atoms with van der Waals surface area (Å²) in [5, 5.41) is 11.1. The highest BCUT2D eigenvalue weighted by molar-refractivity contribution is 9.10. The average Bonchev–Trinajstić information content (AvgIpc) is 3.16. The number of benzene rings is 1. The summed E-state index contributed by atoms with van der Waals surface area (Å²) in [7, 11) is 0. The Morgan fingerprint density at radius 1 is 1.09 bits per heavy atom. The summed E-state index contributed by atoms with van der Waals surface area (Å²) < 4.78 is 32.5. The average molecular weight is 533 g/mol. The maximum absolute atomic E-state index is 12.2. The van der Waals surface area contributed by atoms with E-state index in [1.165, 1.54) is 0 Å². The van der Waals surface area contributed by atoms with E-state index in [1.54, 1.807) is 6.20 Å². The number of amides is 1. The minimum absolute atomic E-state index is 0.0429. The number of aromatic nitrogens is 3. The second-order valence-corrected chi connectivity index (χ2v) is 8.12. The number of aromatic amines is 1. The molecule has 1 amide bonds. The molecule has 1 aliphatic rings. The minimum Gasteiger partial charge on any atom is -0.475 e. The summed E-state index contributed by atoms with van der Waals surface area (Å²) in [5.74, 6) is -2.80. The molecule has 4 aromatic rings. The van der Waals surface area contributed by atoms with Crippen molar-refractivity contribution >= 4 is 38.7 Å². The monoisotopic (exact) mass is 532 g/mol. The molecule has 0 saturated heterocycles. The van der Waals surface area contributed by atoms with Gasteiger partial charge in [0.25, 0.3) is 5.91 Å². The van der Waals surface area contributed by atoms with Crippen LogP contribution in [0.3, 0.4) is 0 Å². The number of alkyl halides is 3.